The summed E-state index contributed by atoms with van der Waals surface area (Å²) < 4.78 is 22.1. The van der Waals surface area contributed by atoms with Gasteiger partial charge in [-0.05, 0) is 58.6 Å². The highest BCUT2D eigenvalue weighted by atomic mass is 16.6. The molecule has 0 aliphatic carbocycles. The highest BCUT2D eigenvalue weighted by molar-refractivity contribution is 5.82. The monoisotopic (exact) mass is 566 g/mol. The fourth-order valence-corrected chi connectivity index (χ4v) is 5.87. The van der Waals surface area contributed by atoms with Gasteiger partial charge in [-0.25, -0.2) is 4.79 Å². The van der Waals surface area contributed by atoms with Crippen molar-refractivity contribution in [3.05, 3.63) is 59.7 Å². The van der Waals surface area contributed by atoms with Crippen LogP contribution in [0.4, 0.5) is 4.79 Å². The lowest BCUT2D eigenvalue weighted by Crippen LogP contribution is -2.53. The maximum atomic E-state index is 13.8. The van der Waals surface area contributed by atoms with E-state index in [0.29, 0.717) is 13.2 Å². The maximum absolute atomic E-state index is 13.8. The second kappa shape index (κ2) is 12.9. The molecule has 9 heteroatoms. The molecule has 2 heterocycles. The van der Waals surface area contributed by atoms with E-state index < -0.39 is 34.9 Å². The Hall–Kier alpha value is -3.59. The fourth-order valence-electron chi connectivity index (χ4n) is 5.87. The molecule has 1 fully saturated rings. The minimum absolute atomic E-state index is 0.146. The number of carbonyl (C=O) groups is 3. The van der Waals surface area contributed by atoms with Crippen LogP contribution in [0.1, 0.15) is 57.6 Å². The molecule has 0 bridgehead atoms. The topological polar surface area (TPSA) is 103 Å². The van der Waals surface area contributed by atoms with Crippen LogP contribution in [0.3, 0.4) is 0 Å². The van der Waals surface area contributed by atoms with Gasteiger partial charge in [0.1, 0.15) is 17.1 Å². The van der Waals surface area contributed by atoms with Crippen LogP contribution in [0.25, 0.3) is 0 Å². The number of unbranched alkanes of at least 4 members (excludes halogenated alkanes) is 1. The van der Waals surface area contributed by atoms with Gasteiger partial charge >= 0.3 is 12.1 Å². The molecule has 2 aromatic rings. The van der Waals surface area contributed by atoms with Crippen LogP contribution in [-0.2, 0) is 29.2 Å². The molecule has 9 nitrogen and oxygen atoms in total. The average Bonchev–Trinajstić information content (AvgIpc) is 2.96. The molecule has 0 aromatic heterocycles. The van der Waals surface area contributed by atoms with E-state index in [4.69, 9.17) is 18.9 Å². The van der Waals surface area contributed by atoms with Crippen molar-refractivity contribution in [2.24, 2.45) is 11.8 Å². The molecule has 2 aromatic carbocycles. The SMILES string of the molecule is COCCCCC1(CNC(=O)[C@H]2C[C@@H](C(=O)OC)CN(C(=O)OC(C)(C)C)C2)c2ccccc2Oc2ccccc21. The maximum Gasteiger partial charge on any atom is 0.410 e. The highest BCUT2D eigenvalue weighted by Gasteiger charge is 2.44. The number of amides is 2. The molecule has 1 saturated heterocycles. The van der Waals surface area contributed by atoms with Crippen LogP contribution in [-0.4, -0.2) is 68.9 Å². The van der Waals surface area contributed by atoms with Gasteiger partial charge in [-0.1, -0.05) is 36.4 Å². The standard InChI is InChI=1S/C32H42N2O7/c1-31(2,3)41-30(37)34-19-22(18-23(20-34)29(36)39-5)28(35)33-21-32(16-10-11-17-38-4)24-12-6-8-14-26(24)40-27-15-9-7-13-25(27)32/h6-9,12-15,22-23H,10-11,16-21H2,1-5H3,(H,33,35)/t22-,23+/m0/s1. The van der Waals surface area contributed by atoms with E-state index >= 15 is 0 Å². The van der Waals surface area contributed by atoms with Crippen LogP contribution in [0, 0.1) is 11.8 Å². The normalized spacial score (nSPS) is 19.3. The molecule has 0 spiro atoms. The predicted molar refractivity (Wildman–Crippen MR) is 154 cm³/mol. The van der Waals surface area contributed by atoms with Gasteiger partial charge in [0.2, 0.25) is 5.91 Å². The Balaban J connectivity index is 1.61. The van der Waals surface area contributed by atoms with E-state index in [-0.39, 0.29) is 25.4 Å². The molecule has 1 N–H and O–H groups in total. The lowest BCUT2D eigenvalue weighted by Gasteiger charge is -2.41. The first kappa shape index (κ1) is 30.4. The summed E-state index contributed by atoms with van der Waals surface area (Å²) in [5.41, 5.74) is 0.799. The second-order valence-corrected chi connectivity index (χ2v) is 11.9. The minimum atomic E-state index is -0.702. The van der Waals surface area contributed by atoms with Gasteiger partial charge in [-0.3, -0.25) is 9.59 Å². The summed E-state index contributed by atoms with van der Waals surface area (Å²) in [6.45, 7) is 6.64. The number of ether oxygens (including phenoxy) is 4. The summed E-state index contributed by atoms with van der Waals surface area (Å²) in [5, 5.41) is 3.21. The number of hydrogen-bond donors (Lipinski definition) is 1. The van der Waals surface area contributed by atoms with Crippen LogP contribution >= 0.6 is 0 Å². The Bertz CT molecular complexity index is 1190. The third-order valence-electron chi connectivity index (χ3n) is 7.80. The number of nitrogens with one attached hydrogen (secondary N) is 1. The van der Waals surface area contributed by atoms with Crippen LogP contribution < -0.4 is 10.1 Å². The van der Waals surface area contributed by atoms with Crippen molar-refractivity contribution in [3.63, 3.8) is 0 Å². The molecule has 0 saturated carbocycles. The molecule has 41 heavy (non-hydrogen) atoms. The van der Waals surface area contributed by atoms with Gasteiger partial charge in [0.25, 0.3) is 0 Å². The zero-order valence-corrected chi connectivity index (χ0v) is 24.7. The van der Waals surface area contributed by atoms with Crippen molar-refractivity contribution in [2.45, 2.75) is 57.5 Å². The quantitative estimate of drug-likeness (QED) is 0.334. The first-order valence-electron chi connectivity index (χ1n) is 14.3. The fraction of sp³-hybridized carbons (Fsp3) is 0.531. The van der Waals surface area contributed by atoms with Crippen molar-refractivity contribution >= 4 is 18.0 Å². The zero-order valence-electron chi connectivity index (χ0n) is 24.7. The average molecular weight is 567 g/mol. The Morgan fingerprint density at radius 3 is 2.15 bits per heavy atom. The van der Waals surface area contributed by atoms with Gasteiger partial charge in [0, 0.05) is 49.9 Å². The molecule has 2 amide bonds. The first-order chi connectivity index (χ1) is 19.6. The molecule has 0 unspecified atom stereocenters. The van der Waals surface area contributed by atoms with Gasteiger partial charge in [-0.15, -0.1) is 0 Å². The van der Waals surface area contributed by atoms with Gasteiger partial charge in [-0.2, -0.15) is 0 Å². The number of fused-ring (bicyclic) bond motifs is 2. The van der Waals surface area contributed by atoms with Crippen LogP contribution in [0.5, 0.6) is 11.5 Å². The van der Waals surface area contributed by atoms with Crippen molar-refractivity contribution in [3.8, 4) is 11.5 Å². The summed E-state index contributed by atoms with van der Waals surface area (Å²) in [4.78, 5) is 40.7. The number of methoxy groups -OCH3 is 2. The highest BCUT2D eigenvalue weighted by Crippen LogP contribution is 2.50. The minimum Gasteiger partial charge on any atom is -0.469 e. The molecular formula is C32H42N2O7. The van der Waals surface area contributed by atoms with E-state index in [2.05, 4.69) is 17.4 Å². The van der Waals surface area contributed by atoms with Gasteiger partial charge in [0.15, 0.2) is 0 Å². The van der Waals surface area contributed by atoms with E-state index in [1.807, 2.05) is 36.4 Å². The summed E-state index contributed by atoms with van der Waals surface area (Å²) in [7, 11) is 3.01. The molecular weight excluding hydrogens is 524 g/mol. The van der Waals surface area contributed by atoms with Crippen molar-refractivity contribution < 1.29 is 33.3 Å². The van der Waals surface area contributed by atoms with E-state index in [9.17, 15) is 14.4 Å². The summed E-state index contributed by atoms with van der Waals surface area (Å²) in [6, 6.07) is 15.9. The van der Waals surface area contributed by atoms with Crippen molar-refractivity contribution in [1.29, 1.82) is 0 Å². The van der Waals surface area contributed by atoms with Gasteiger partial charge in [0.05, 0.1) is 18.9 Å². The molecule has 2 atom stereocenters. The van der Waals surface area contributed by atoms with Crippen molar-refractivity contribution in [1.82, 2.24) is 10.2 Å². The smallest absolute Gasteiger partial charge is 0.410 e. The van der Waals surface area contributed by atoms with E-state index in [1.165, 1.54) is 12.0 Å². The lowest BCUT2D eigenvalue weighted by molar-refractivity contribution is -0.148. The molecule has 0 radical (unpaired) electrons. The van der Waals surface area contributed by atoms with Crippen LogP contribution in [0.2, 0.25) is 0 Å². The first-order valence-corrected chi connectivity index (χ1v) is 14.3. The molecule has 222 valence electrons. The zero-order chi connectivity index (χ0) is 29.6. The number of esters is 1. The lowest BCUT2D eigenvalue weighted by atomic mass is 9.69. The number of rotatable bonds is 9. The third-order valence-corrected chi connectivity index (χ3v) is 7.80. The Morgan fingerprint density at radius 1 is 0.951 bits per heavy atom. The van der Waals surface area contributed by atoms with E-state index in [0.717, 1.165) is 41.9 Å². The van der Waals surface area contributed by atoms with E-state index in [1.54, 1.807) is 27.9 Å². The predicted octanol–water partition coefficient (Wildman–Crippen LogP) is 5.06. The Morgan fingerprint density at radius 2 is 1.56 bits per heavy atom. The number of likely N-dealkylation sites (tertiary alicyclic amines) is 1. The van der Waals surface area contributed by atoms with Gasteiger partial charge < -0.3 is 29.2 Å². The third kappa shape index (κ3) is 7.01. The number of benzene rings is 2. The summed E-state index contributed by atoms with van der Waals surface area (Å²) in [5.74, 6) is -0.345. The second-order valence-electron chi connectivity index (χ2n) is 11.9. The number of para-hydroxylation sites is 2. The molecule has 2 aliphatic heterocycles. The van der Waals surface area contributed by atoms with Crippen LogP contribution in [0.15, 0.2) is 48.5 Å². The molecule has 2 aliphatic rings. The summed E-state index contributed by atoms with van der Waals surface area (Å²) >= 11 is 0. The molecule has 4 rings (SSSR count). The number of hydrogen-bond acceptors (Lipinski definition) is 7. The van der Waals surface area contributed by atoms with Crippen molar-refractivity contribution in [2.75, 3.05) is 40.5 Å². The number of nitrogens with zero attached hydrogens (tertiary/aromatic N) is 1. The Kier molecular flexibility index (Phi) is 9.58. The number of piperidine rings is 1. The Labute approximate surface area is 242 Å². The largest absolute Gasteiger partial charge is 0.469 e. The summed E-state index contributed by atoms with van der Waals surface area (Å²) in [6.07, 6.45) is 2.27. The number of carbonyl (C=O) groups excluding carboxylic acids is 3.